The molecule has 114 valence electrons. The lowest BCUT2D eigenvalue weighted by molar-refractivity contribution is -0.119. The predicted molar refractivity (Wildman–Crippen MR) is 80.1 cm³/mol. The second kappa shape index (κ2) is 7.31. The Morgan fingerprint density at radius 2 is 2.00 bits per heavy atom. The van der Waals surface area contributed by atoms with Crippen molar-refractivity contribution in [3.05, 3.63) is 28.2 Å². The molecule has 0 fully saturated rings. The van der Waals surface area contributed by atoms with E-state index in [4.69, 9.17) is 5.73 Å². The van der Waals surface area contributed by atoms with Crippen molar-refractivity contribution in [1.82, 2.24) is 0 Å². The van der Waals surface area contributed by atoms with Crippen molar-refractivity contribution < 1.29 is 13.2 Å². The van der Waals surface area contributed by atoms with E-state index in [1.54, 1.807) is 12.1 Å². The third kappa shape index (κ3) is 5.71. The van der Waals surface area contributed by atoms with Crippen LogP contribution in [0.2, 0.25) is 0 Å². The first-order valence-corrected chi connectivity index (χ1v) is 7.38. The third-order valence-electron chi connectivity index (χ3n) is 2.79. The monoisotopic (exact) mass is 352 g/mol. The average Bonchev–Trinajstić information content (AvgIpc) is 2.26. The molecule has 0 aliphatic rings. The molecule has 0 aliphatic heterocycles. The largest absolute Gasteiger partial charge is 0.405 e. The van der Waals surface area contributed by atoms with E-state index in [-0.39, 0.29) is 6.04 Å². The summed E-state index contributed by atoms with van der Waals surface area (Å²) in [5, 5.41) is 0. The normalized spacial score (nSPS) is 13.3. The van der Waals surface area contributed by atoms with Crippen LogP contribution in [0.5, 0.6) is 0 Å². The van der Waals surface area contributed by atoms with E-state index < -0.39 is 12.7 Å². The number of nitrogens with zero attached hydrogens (tertiary/aromatic N) is 1. The standard InChI is InChI=1S/C14H20BrF3N2/c1-3-6-20(9-14(16,17)18)13-5-4-12(15)8-11(13)7-10(2)19/h4-5,8,10H,3,6-7,9,19H2,1-2H3. The number of benzene rings is 1. The highest BCUT2D eigenvalue weighted by Crippen LogP contribution is 2.28. The molecule has 0 spiro atoms. The Kier molecular flexibility index (Phi) is 6.33. The summed E-state index contributed by atoms with van der Waals surface area (Å²) in [6.07, 6.45) is -3.01. The summed E-state index contributed by atoms with van der Waals surface area (Å²) in [5.74, 6) is 0. The fraction of sp³-hybridized carbons (Fsp3) is 0.571. The van der Waals surface area contributed by atoms with Gasteiger partial charge in [0, 0.05) is 22.7 Å². The van der Waals surface area contributed by atoms with Gasteiger partial charge in [0.1, 0.15) is 6.54 Å². The van der Waals surface area contributed by atoms with Gasteiger partial charge in [0.15, 0.2) is 0 Å². The van der Waals surface area contributed by atoms with Crippen LogP contribution >= 0.6 is 15.9 Å². The van der Waals surface area contributed by atoms with Gasteiger partial charge in [-0.05, 0) is 43.5 Å². The van der Waals surface area contributed by atoms with Gasteiger partial charge in [0.2, 0.25) is 0 Å². The average molecular weight is 353 g/mol. The zero-order valence-corrected chi connectivity index (χ0v) is 13.3. The quantitative estimate of drug-likeness (QED) is 0.834. The molecule has 0 aromatic heterocycles. The molecule has 0 saturated heterocycles. The van der Waals surface area contributed by atoms with E-state index in [0.717, 1.165) is 10.0 Å². The molecule has 6 heteroatoms. The van der Waals surface area contributed by atoms with Gasteiger partial charge in [-0.25, -0.2) is 0 Å². The Morgan fingerprint density at radius 1 is 1.35 bits per heavy atom. The Labute approximate surface area is 126 Å². The molecule has 1 aromatic rings. The van der Waals surface area contributed by atoms with Crippen LogP contribution in [0.15, 0.2) is 22.7 Å². The number of halogens is 4. The van der Waals surface area contributed by atoms with Crippen LogP contribution < -0.4 is 10.6 Å². The minimum Gasteiger partial charge on any atom is -0.362 e. The van der Waals surface area contributed by atoms with Gasteiger partial charge >= 0.3 is 6.18 Å². The van der Waals surface area contributed by atoms with E-state index >= 15 is 0 Å². The number of nitrogens with two attached hydrogens (primary N) is 1. The van der Waals surface area contributed by atoms with Crippen molar-refractivity contribution in [3.63, 3.8) is 0 Å². The summed E-state index contributed by atoms with van der Waals surface area (Å²) in [4.78, 5) is 1.38. The van der Waals surface area contributed by atoms with E-state index in [1.165, 1.54) is 4.90 Å². The third-order valence-corrected chi connectivity index (χ3v) is 3.28. The summed E-state index contributed by atoms with van der Waals surface area (Å²) >= 11 is 3.35. The molecule has 1 unspecified atom stereocenters. The maximum Gasteiger partial charge on any atom is 0.405 e. The lowest BCUT2D eigenvalue weighted by atomic mass is 10.0. The minimum absolute atomic E-state index is 0.0996. The molecule has 1 rings (SSSR count). The van der Waals surface area contributed by atoms with E-state index in [0.29, 0.717) is 25.1 Å². The van der Waals surface area contributed by atoms with Crippen molar-refractivity contribution in [1.29, 1.82) is 0 Å². The highest BCUT2D eigenvalue weighted by atomic mass is 79.9. The molecule has 1 atom stereocenters. The molecular weight excluding hydrogens is 333 g/mol. The number of rotatable bonds is 6. The van der Waals surface area contributed by atoms with Crippen LogP contribution in [0.1, 0.15) is 25.8 Å². The fourth-order valence-electron chi connectivity index (χ4n) is 2.14. The molecule has 0 heterocycles. The highest BCUT2D eigenvalue weighted by molar-refractivity contribution is 9.10. The highest BCUT2D eigenvalue weighted by Gasteiger charge is 2.31. The SMILES string of the molecule is CCCN(CC(F)(F)F)c1ccc(Br)cc1CC(C)N. The first kappa shape index (κ1) is 17.3. The van der Waals surface area contributed by atoms with Crippen LogP contribution in [0.3, 0.4) is 0 Å². The summed E-state index contributed by atoms with van der Waals surface area (Å²) in [5.41, 5.74) is 7.24. The lowest BCUT2D eigenvalue weighted by Crippen LogP contribution is -2.35. The number of anilines is 1. The Balaban J connectivity index is 3.11. The lowest BCUT2D eigenvalue weighted by Gasteiger charge is -2.28. The first-order valence-electron chi connectivity index (χ1n) is 6.58. The second-order valence-electron chi connectivity index (χ2n) is 4.99. The Morgan fingerprint density at radius 3 is 2.50 bits per heavy atom. The van der Waals surface area contributed by atoms with Gasteiger partial charge < -0.3 is 10.6 Å². The van der Waals surface area contributed by atoms with Crippen LogP contribution in [0, 0.1) is 0 Å². The molecule has 0 radical (unpaired) electrons. The predicted octanol–water partition coefficient (Wildman–Crippen LogP) is 4.12. The van der Waals surface area contributed by atoms with E-state index in [1.807, 2.05) is 19.9 Å². The van der Waals surface area contributed by atoms with Crippen molar-refractivity contribution in [3.8, 4) is 0 Å². The second-order valence-corrected chi connectivity index (χ2v) is 5.91. The Hall–Kier alpha value is -0.750. The zero-order valence-electron chi connectivity index (χ0n) is 11.7. The summed E-state index contributed by atoms with van der Waals surface area (Å²) in [7, 11) is 0. The number of hydrogen-bond donors (Lipinski definition) is 1. The van der Waals surface area contributed by atoms with Crippen LogP contribution in [0.4, 0.5) is 18.9 Å². The van der Waals surface area contributed by atoms with Gasteiger partial charge in [-0.3, -0.25) is 0 Å². The summed E-state index contributed by atoms with van der Waals surface area (Å²) in [6.45, 7) is 3.15. The van der Waals surface area contributed by atoms with Gasteiger partial charge in [-0.1, -0.05) is 22.9 Å². The van der Waals surface area contributed by atoms with Crippen molar-refractivity contribution in [2.24, 2.45) is 5.73 Å². The molecule has 20 heavy (non-hydrogen) atoms. The number of hydrogen-bond acceptors (Lipinski definition) is 2. The van der Waals surface area contributed by atoms with Crippen LogP contribution in [-0.2, 0) is 6.42 Å². The molecule has 0 bridgehead atoms. The summed E-state index contributed by atoms with van der Waals surface area (Å²) < 4.78 is 39.0. The van der Waals surface area contributed by atoms with Crippen LogP contribution in [0.25, 0.3) is 0 Å². The maximum absolute atomic E-state index is 12.7. The Bertz CT molecular complexity index is 433. The molecule has 0 amide bonds. The van der Waals surface area contributed by atoms with Crippen LogP contribution in [-0.4, -0.2) is 25.3 Å². The van der Waals surface area contributed by atoms with Gasteiger partial charge in [0.25, 0.3) is 0 Å². The van der Waals surface area contributed by atoms with Gasteiger partial charge in [-0.2, -0.15) is 13.2 Å². The molecule has 2 nitrogen and oxygen atoms in total. The van der Waals surface area contributed by atoms with E-state index in [2.05, 4.69) is 15.9 Å². The maximum atomic E-state index is 12.7. The van der Waals surface area contributed by atoms with Crippen molar-refractivity contribution in [2.45, 2.75) is 38.9 Å². The fourth-order valence-corrected chi connectivity index (χ4v) is 2.55. The minimum atomic E-state index is -4.21. The molecule has 1 aromatic carbocycles. The topological polar surface area (TPSA) is 29.3 Å². The van der Waals surface area contributed by atoms with Gasteiger partial charge in [-0.15, -0.1) is 0 Å². The first-order chi connectivity index (χ1) is 9.23. The van der Waals surface area contributed by atoms with Crippen molar-refractivity contribution >= 4 is 21.6 Å². The molecular formula is C14H20BrF3N2. The molecule has 2 N–H and O–H groups in total. The number of alkyl halides is 3. The molecule has 0 aliphatic carbocycles. The van der Waals surface area contributed by atoms with Gasteiger partial charge in [0.05, 0.1) is 0 Å². The molecule has 0 saturated carbocycles. The van der Waals surface area contributed by atoms with Crippen molar-refractivity contribution in [2.75, 3.05) is 18.0 Å². The summed E-state index contributed by atoms with van der Waals surface area (Å²) in [6, 6.07) is 5.23. The zero-order chi connectivity index (χ0) is 15.3. The van der Waals surface area contributed by atoms with E-state index in [9.17, 15) is 13.2 Å². The smallest absolute Gasteiger partial charge is 0.362 e.